The summed E-state index contributed by atoms with van der Waals surface area (Å²) >= 11 is 0. The van der Waals surface area contributed by atoms with Crippen LogP contribution in [0.25, 0.3) is 5.69 Å². The normalized spacial score (nSPS) is 10.9. The van der Waals surface area contributed by atoms with Gasteiger partial charge < -0.3 is 9.88 Å². The van der Waals surface area contributed by atoms with Gasteiger partial charge in [-0.2, -0.15) is 5.26 Å². The zero-order valence-corrected chi connectivity index (χ0v) is 13.1. The molecule has 0 aliphatic heterocycles. The summed E-state index contributed by atoms with van der Waals surface area (Å²) < 4.78 is 1.97. The third-order valence-corrected chi connectivity index (χ3v) is 3.57. The number of nitrogens with one attached hydrogen (secondary N) is 1. The van der Waals surface area contributed by atoms with E-state index in [1.165, 1.54) is 0 Å². The van der Waals surface area contributed by atoms with Gasteiger partial charge in [0.05, 0.1) is 23.3 Å². The fourth-order valence-electron chi connectivity index (χ4n) is 2.24. The summed E-state index contributed by atoms with van der Waals surface area (Å²) in [5, 5.41) is 12.8. The Bertz CT molecular complexity index is 662. The molecular formula is C17H22N4. The number of nitrogens with zero attached hydrogens (tertiary/aromatic N) is 3. The van der Waals surface area contributed by atoms with Crippen molar-refractivity contribution < 1.29 is 0 Å². The van der Waals surface area contributed by atoms with Crippen molar-refractivity contribution in [2.75, 3.05) is 6.54 Å². The summed E-state index contributed by atoms with van der Waals surface area (Å²) in [5.41, 5.74) is 4.76. The molecule has 0 bridgehead atoms. The minimum atomic E-state index is 0.622. The molecule has 0 atom stereocenters. The topological polar surface area (TPSA) is 53.6 Å². The Morgan fingerprint density at radius 1 is 1.33 bits per heavy atom. The number of imidazole rings is 1. The molecule has 0 aliphatic rings. The molecular weight excluding hydrogens is 260 g/mol. The Labute approximate surface area is 126 Å². The van der Waals surface area contributed by atoms with Gasteiger partial charge in [-0.25, -0.2) is 4.98 Å². The second-order valence-electron chi connectivity index (χ2n) is 5.77. The van der Waals surface area contributed by atoms with Crippen molar-refractivity contribution in [2.45, 2.75) is 34.2 Å². The molecule has 2 aromatic rings. The maximum absolute atomic E-state index is 9.41. The van der Waals surface area contributed by atoms with Crippen LogP contribution in [0.3, 0.4) is 0 Å². The lowest BCUT2D eigenvalue weighted by Crippen LogP contribution is -2.19. The number of nitriles is 1. The van der Waals surface area contributed by atoms with E-state index in [1.54, 1.807) is 6.33 Å². The Hall–Kier alpha value is -2.12. The highest BCUT2D eigenvalue weighted by Gasteiger charge is 2.09. The maximum atomic E-state index is 9.41. The van der Waals surface area contributed by atoms with Gasteiger partial charge in [-0.15, -0.1) is 0 Å². The van der Waals surface area contributed by atoms with Crippen molar-refractivity contribution in [3.8, 4) is 11.8 Å². The molecule has 4 nitrogen and oxygen atoms in total. The van der Waals surface area contributed by atoms with Crippen LogP contribution in [0.2, 0.25) is 0 Å². The minimum absolute atomic E-state index is 0.622. The van der Waals surface area contributed by atoms with E-state index in [2.05, 4.69) is 36.3 Å². The molecule has 1 aromatic heterocycles. The van der Waals surface area contributed by atoms with E-state index in [4.69, 9.17) is 0 Å². The number of rotatable bonds is 5. The van der Waals surface area contributed by atoms with Crippen molar-refractivity contribution in [1.29, 1.82) is 5.26 Å². The van der Waals surface area contributed by atoms with Crippen LogP contribution in [0.4, 0.5) is 0 Å². The van der Waals surface area contributed by atoms with Crippen LogP contribution >= 0.6 is 0 Å². The fourth-order valence-corrected chi connectivity index (χ4v) is 2.24. The molecule has 1 aromatic carbocycles. The molecule has 1 heterocycles. The summed E-state index contributed by atoms with van der Waals surface area (Å²) in [6.45, 7) is 10.1. The zero-order valence-electron chi connectivity index (χ0n) is 13.1. The van der Waals surface area contributed by atoms with Crippen LogP contribution in [-0.2, 0) is 6.54 Å². The second kappa shape index (κ2) is 6.55. The maximum Gasteiger partial charge on any atom is 0.101 e. The molecule has 0 spiro atoms. The van der Waals surface area contributed by atoms with Gasteiger partial charge >= 0.3 is 0 Å². The first-order chi connectivity index (χ1) is 10.0. The van der Waals surface area contributed by atoms with E-state index in [1.807, 2.05) is 30.5 Å². The van der Waals surface area contributed by atoms with Crippen LogP contribution in [0.5, 0.6) is 0 Å². The molecule has 0 saturated heterocycles. The molecule has 0 unspecified atom stereocenters. The lowest BCUT2D eigenvalue weighted by atomic mass is 10.1. The van der Waals surface area contributed by atoms with Gasteiger partial charge in [0.1, 0.15) is 6.07 Å². The van der Waals surface area contributed by atoms with E-state index in [0.29, 0.717) is 11.5 Å². The highest BCUT2D eigenvalue weighted by molar-refractivity contribution is 5.51. The third kappa shape index (κ3) is 3.50. The number of hydrogen-bond acceptors (Lipinski definition) is 3. The van der Waals surface area contributed by atoms with Crippen molar-refractivity contribution in [2.24, 2.45) is 5.92 Å². The first kappa shape index (κ1) is 15.3. The average molecular weight is 282 g/mol. The van der Waals surface area contributed by atoms with Gasteiger partial charge in [0.2, 0.25) is 0 Å². The molecule has 0 fully saturated rings. The van der Waals surface area contributed by atoms with Gasteiger partial charge in [-0.3, -0.25) is 0 Å². The van der Waals surface area contributed by atoms with Crippen LogP contribution in [-0.4, -0.2) is 16.1 Å². The van der Waals surface area contributed by atoms with Crippen LogP contribution in [0.15, 0.2) is 24.5 Å². The smallest absolute Gasteiger partial charge is 0.101 e. The van der Waals surface area contributed by atoms with Gasteiger partial charge in [0.15, 0.2) is 0 Å². The van der Waals surface area contributed by atoms with E-state index >= 15 is 0 Å². The first-order valence-electron chi connectivity index (χ1n) is 7.27. The number of benzene rings is 1. The monoisotopic (exact) mass is 282 g/mol. The van der Waals surface area contributed by atoms with Gasteiger partial charge in [-0.1, -0.05) is 19.9 Å². The van der Waals surface area contributed by atoms with E-state index in [0.717, 1.165) is 35.7 Å². The van der Waals surface area contributed by atoms with E-state index in [9.17, 15) is 5.26 Å². The Morgan fingerprint density at radius 3 is 2.67 bits per heavy atom. The molecule has 0 amide bonds. The Morgan fingerprint density at radius 2 is 2.10 bits per heavy atom. The van der Waals surface area contributed by atoms with Crippen molar-refractivity contribution >= 4 is 0 Å². The van der Waals surface area contributed by atoms with Gasteiger partial charge in [0, 0.05) is 12.2 Å². The molecule has 0 radical (unpaired) electrons. The second-order valence-corrected chi connectivity index (χ2v) is 5.77. The molecule has 0 aliphatic carbocycles. The molecule has 0 saturated carbocycles. The molecule has 1 N–H and O–H groups in total. The third-order valence-electron chi connectivity index (χ3n) is 3.57. The Balaban J connectivity index is 2.25. The fraction of sp³-hybridized carbons (Fsp3) is 0.412. The Kier molecular flexibility index (Phi) is 4.77. The average Bonchev–Trinajstić information content (AvgIpc) is 2.78. The summed E-state index contributed by atoms with van der Waals surface area (Å²) in [5.74, 6) is 0.622. The number of aryl methyl sites for hydroxylation is 1. The van der Waals surface area contributed by atoms with E-state index in [-0.39, 0.29) is 0 Å². The molecule has 110 valence electrons. The predicted octanol–water partition coefficient (Wildman–Crippen LogP) is 3.11. The van der Waals surface area contributed by atoms with Gasteiger partial charge in [-0.05, 0) is 44.0 Å². The number of aromatic nitrogens is 2. The van der Waals surface area contributed by atoms with Crippen molar-refractivity contribution in [1.82, 2.24) is 14.9 Å². The summed E-state index contributed by atoms with van der Waals surface area (Å²) in [7, 11) is 0. The lowest BCUT2D eigenvalue weighted by Gasteiger charge is -2.11. The molecule has 2 rings (SSSR count). The molecule has 4 heteroatoms. The first-order valence-corrected chi connectivity index (χ1v) is 7.27. The van der Waals surface area contributed by atoms with Crippen molar-refractivity contribution in [3.63, 3.8) is 0 Å². The van der Waals surface area contributed by atoms with E-state index < -0.39 is 0 Å². The number of hydrogen-bond donors (Lipinski definition) is 1. The largest absolute Gasteiger partial charge is 0.312 e. The van der Waals surface area contributed by atoms with Gasteiger partial charge in [0.25, 0.3) is 0 Å². The quantitative estimate of drug-likeness (QED) is 0.916. The standard InChI is InChI=1S/C17H22N4/c1-12(2)9-19-10-15-5-6-17(16(7-15)8-18)21-11-20-13(3)14(21)4/h5-7,11-12,19H,9-10H2,1-4H3. The lowest BCUT2D eigenvalue weighted by molar-refractivity contribution is 0.552. The molecule has 21 heavy (non-hydrogen) atoms. The van der Waals surface area contributed by atoms with Crippen molar-refractivity contribution in [3.05, 3.63) is 47.0 Å². The predicted molar refractivity (Wildman–Crippen MR) is 84.3 cm³/mol. The highest BCUT2D eigenvalue weighted by Crippen LogP contribution is 2.19. The summed E-state index contributed by atoms with van der Waals surface area (Å²) in [4.78, 5) is 4.30. The SMILES string of the molecule is Cc1ncn(-c2ccc(CNCC(C)C)cc2C#N)c1C. The minimum Gasteiger partial charge on any atom is -0.312 e. The van der Waals surface area contributed by atoms with Crippen LogP contribution in [0.1, 0.15) is 36.4 Å². The highest BCUT2D eigenvalue weighted by atomic mass is 15.1. The summed E-state index contributed by atoms with van der Waals surface area (Å²) in [6, 6.07) is 8.32. The zero-order chi connectivity index (χ0) is 15.4. The van der Waals surface area contributed by atoms with Crippen LogP contribution < -0.4 is 5.32 Å². The van der Waals surface area contributed by atoms with Crippen LogP contribution in [0, 0.1) is 31.1 Å². The summed E-state index contributed by atoms with van der Waals surface area (Å²) in [6.07, 6.45) is 1.78.